The number of nitrogens with zero attached hydrogens (tertiary/aromatic N) is 2. The third kappa shape index (κ3) is 12.4. The zero-order valence-corrected chi connectivity index (χ0v) is 24.3. The molecule has 1 atom stereocenters. The van der Waals surface area contributed by atoms with Crippen LogP contribution in [0.2, 0.25) is 0 Å². The van der Waals surface area contributed by atoms with Gasteiger partial charge in [0, 0.05) is 12.1 Å². The number of non-ortho nitro benzene ring substituents is 1. The molecule has 1 aliphatic rings. The summed E-state index contributed by atoms with van der Waals surface area (Å²) in [6, 6.07) is 12.8. The van der Waals surface area contributed by atoms with Gasteiger partial charge in [0.05, 0.1) is 33.8 Å². The molecule has 1 fully saturated rings. The minimum absolute atomic E-state index is 0. The van der Waals surface area contributed by atoms with Gasteiger partial charge in [0.15, 0.2) is 0 Å². The van der Waals surface area contributed by atoms with Crippen LogP contribution in [0.4, 0.5) is 5.69 Å². The number of benzene rings is 2. The van der Waals surface area contributed by atoms with Gasteiger partial charge in [-0.15, -0.1) is 0 Å². The fraction of sp³-hybridized carbons (Fsp3) is 0.176. The minimum Gasteiger partial charge on any atom is -1.00 e. The number of aromatic hydroxyl groups is 1. The van der Waals surface area contributed by atoms with Crippen LogP contribution in [0.5, 0.6) is 5.75 Å². The van der Waals surface area contributed by atoms with Gasteiger partial charge in [-0.1, -0.05) is 18.2 Å². The normalized spacial score (nSPS) is 14.4. The summed E-state index contributed by atoms with van der Waals surface area (Å²) < 4.78 is 36.4. The molecule has 0 bridgehead atoms. The summed E-state index contributed by atoms with van der Waals surface area (Å²) in [6.45, 7) is 0.130. The molecule has 2 aromatic rings. The summed E-state index contributed by atoms with van der Waals surface area (Å²) in [6.07, 6.45) is -0.469. The second-order valence-corrected chi connectivity index (χ2v) is 8.55. The molecular weight excluding hydrogens is 502 g/mol. The second kappa shape index (κ2) is 15.7. The van der Waals surface area contributed by atoms with Gasteiger partial charge in [-0.25, -0.2) is 4.21 Å². The van der Waals surface area contributed by atoms with Gasteiger partial charge >= 0.3 is 103 Å². The van der Waals surface area contributed by atoms with Crippen molar-refractivity contribution in [1.29, 1.82) is 5.26 Å². The maximum Gasteiger partial charge on any atom is 1.00 e. The third-order valence-corrected chi connectivity index (χ3v) is 5.63. The second-order valence-electron chi connectivity index (χ2n) is 5.71. The van der Waals surface area contributed by atoms with Crippen LogP contribution in [0.25, 0.3) is 0 Å². The van der Waals surface area contributed by atoms with Gasteiger partial charge in [0.25, 0.3) is 12.2 Å². The fourth-order valence-electron chi connectivity index (χ4n) is 2.02. The van der Waals surface area contributed by atoms with Crippen molar-refractivity contribution in [2.45, 2.75) is 11.0 Å². The number of phenols is 1. The molecule has 0 radical (unpaired) electrons. The topological polar surface area (TPSA) is 207 Å². The van der Waals surface area contributed by atoms with E-state index in [2.05, 4.69) is 4.89 Å². The van der Waals surface area contributed by atoms with Gasteiger partial charge in [-0.2, -0.15) is 5.26 Å². The average Bonchev–Trinajstić information content (AvgIpc) is 3.52. The molecule has 1 heterocycles. The molecule has 32 heavy (non-hydrogen) atoms. The van der Waals surface area contributed by atoms with Crippen LogP contribution < -0.4 is 108 Å². The van der Waals surface area contributed by atoms with Crippen molar-refractivity contribution >= 4 is 21.8 Å². The molecule has 164 valence electrons. The number of carbonyl (C=O) groups is 1. The van der Waals surface area contributed by atoms with E-state index in [9.17, 15) is 23.4 Å². The Hall–Kier alpha value is -0.137. The first-order chi connectivity index (χ1) is 14.0. The SMILES string of the molecule is N#Cc1ccccc1O.O=CO[O-].O=[N+]([O-])c1cccc(S(=O)(O)(O)C[C@@H]2CO2)c1.[H-].[K+].[K+]. The van der Waals surface area contributed by atoms with E-state index >= 15 is 0 Å². The number of hydrogen-bond donors (Lipinski definition) is 3. The molecule has 1 aliphatic heterocycles. The number of nitriles is 1. The predicted molar refractivity (Wildman–Crippen MR) is 100 cm³/mol. The molecule has 0 unspecified atom stereocenters. The maximum absolute atomic E-state index is 12.0. The van der Waals surface area contributed by atoms with Gasteiger partial charge in [-0.05, 0) is 18.2 Å². The Balaban J connectivity index is -0.000000481. The summed E-state index contributed by atoms with van der Waals surface area (Å²) in [4.78, 5) is 20.7. The van der Waals surface area contributed by atoms with Crippen LogP contribution >= 0.6 is 0 Å². The van der Waals surface area contributed by atoms with Crippen LogP contribution in [-0.2, 0) is 24.0 Å². The molecule has 3 N–H and O–H groups in total. The Morgan fingerprint density at radius 1 is 1.28 bits per heavy atom. The molecule has 12 nitrogen and oxygen atoms in total. The van der Waals surface area contributed by atoms with Crippen LogP contribution in [0.15, 0.2) is 53.4 Å². The molecule has 0 amide bonds. The van der Waals surface area contributed by atoms with E-state index in [1.165, 1.54) is 24.3 Å². The van der Waals surface area contributed by atoms with E-state index in [4.69, 9.17) is 25.2 Å². The Labute approximate surface area is 269 Å². The van der Waals surface area contributed by atoms with Crippen molar-refractivity contribution in [2.24, 2.45) is 0 Å². The quantitative estimate of drug-likeness (QED) is 0.0849. The zero-order valence-electron chi connectivity index (χ0n) is 18.2. The van der Waals surface area contributed by atoms with Crippen LogP contribution in [0.3, 0.4) is 0 Å². The summed E-state index contributed by atoms with van der Waals surface area (Å²) in [5.74, 6) is -0.418. The van der Waals surface area contributed by atoms with E-state index < -0.39 is 26.4 Å². The number of para-hydroxylation sites is 1. The first-order valence-electron chi connectivity index (χ1n) is 7.94. The smallest absolute Gasteiger partial charge is 1.00 e. The molecule has 0 aliphatic carbocycles. The molecule has 0 saturated carbocycles. The van der Waals surface area contributed by atoms with Crippen LogP contribution in [-0.4, -0.2) is 48.3 Å². The zero-order chi connectivity index (χ0) is 22.8. The van der Waals surface area contributed by atoms with Crippen LogP contribution in [0.1, 0.15) is 6.99 Å². The number of nitro benzene ring substituents is 1. The van der Waals surface area contributed by atoms with E-state index in [-0.39, 0.29) is 127 Å². The number of hydrogen-bond acceptors (Lipinski definition) is 9. The number of ether oxygens (including phenoxy) is 1. The molecule has 1 saturated heterocycles. The number of rotatable bonds is 5. The Morgan fingerprint density at radius 3 is 2.25 bits per heavy atom. The fourth-order valence-corrected chi connectivity index (χ4v) is 3.78. The summed E-state index contributed by atoms with van der Waals surface area (Å²) in [5.41, 5.74) is -0.0290. The Kier molecular flexibility index (Phi) is 16.7. The molecule has 2 aromatic carbocycles. The molecular formula is C17H18K2N2O10S. The van der Waals surface area contributed by atoms with E-state index in [0.717, 1.165) is 6.07 Å². The number of phenolic OH excluding ortho intramolecular Hbond substituents is 1. The van der Waals surface area contributed by atoms with Crippen molar-refractivity contribution in [3.63, 3.8) is 0 Å². The number of nitro groups is 1. The summed E-state index contributed by atoms with van der Waals surface area (Å²) in [7, 11) is -5.05. The minimum atomic E-state index is -5.05. The Bertz CT molecular complexity index is 1010. The summed E-state index contributed by atoms with van der Waals surface area (Å²) >= 11 is 0. The van der Waals surface area contributed by atoms with E-state index in [1.807, 2.05) is 6.07 Å². The first kappa shape index (κ1) is 34.0. The largest absolute Gasteiger partial charge is 1.00 e. The van der Waals surface area contributed by atoms with Crippen LogP contribution in [0, 0.1) is 21.4 Å². The standard InChI is InChI=1S/C9H11NO6S.C7H5NO.CH2O3.2K.H/c11-10(12)7-2-1-3-9(4-7)17(13,14,15)6-8-5-16-8;8-5-6-3-1-2-4-7(6)9;2-1-4-3;;;/h1-4,8H,5-6H2,(H2,13,14,15);1-4,9H;1,3H;;;/q;;;2*+1;-1/p-1/t8-;;;;;/m0...../s1. The Morgan fingerprint density at radius 2 is 1.84 bits per heavy atom. The van der Waals surface area contributed by atoms with Crippen molar-refractivity contribution in [2.75, 3.05) is 12.4 Å². The van der Waals surface area contributed by atoms with Crippen molar-refractivity contribution in [3.05, 3.63) is 64.2 Å². The molecule has 3 rings (SSSR count). The van der Waals surface area contributed by atoms with Crippen molar-refractivity contribution < 1.29 is 147 Å². The van der Waals surface area contributed by atoms with Gasteiger partial charge in [0.2, 0.25) is 0 Å². The average molecular weight is 521 g/mol. The number of epoxide rings is 1. The van der Waals surface area contributed by atoms with Gasteiger partial charge < -0.3 is 30.5 Å². The summed E-state index contributed by atoms with van der Waals surface area (Å²) in [5, 5.41) is 36.2. The van der Waals surface area contributed by atoms with Crippen molar-refractivity contribution in [1.82, 2.24) is 0 Å². The number of carbonyl (C=O) groups excluding carboxylic acids is 1. The molecule has 0 aromatic heterocycles. The first-order valence-corrected chi connectivity index (χ1v) is 9.99. The monoisotopic (exact) mass is 520 g/mol. The molecule has 15 heteroatoms. The predicted octanol–water partition coefficient (Wildman–Crippen LogP) is -5.06. The maximum atomic E-state index is 12.0. The van der Waals surface area contributed by atoms with E-state index in [0.29, 0.717) is 12.2 Å². The van der Waals surface area contributed by atoms with Gasteiger partial charge in [0.1, 0.15) is 21.4 Å². The van der Waals surface area contributed by atoms with Gasteiger partial charge in [-0.3, -0.25) is 14.9 Å². The van der Waals surface area contributed by atoms with E-state index in [1.54, 1.807) is 18.2 Å². The molecule has 0 spiro atoms. The third-order valence-electron chi connectivity index (χ3n) is 3.45. The van der Waals surface area contributed by atoms with Crippen molar-refractivity contribution in [3.8, 4) is 11.8 Å².